The Hall–Kier alpha value is -2.37. The molecule has 2 aromatic carbocycles. The van der Waals surface area contributed by atoms with Crippen LogP contribution < -0.4 is 16.6 Å². The number of hydrogen-bond donors (Lipinski definition) is 2. The normalized spacial score (nSPS) is 10.9. The Balaban J connectivity index is 2.16. The Kier molecular flexibility index (Phi) is 4.60. The summed E-state index contributed by atoms with van der Waals surface area (Å²) in [7, 11) is 0. The van der Waals surface area contributed by atoms with Crippen molar-refractivity contribution < 1.29 is 0 Å². The molecule has 0 spiro atoms. The van der Waals surface area contributed by atoms with Crippen molar-refractivity contribution in [3.63, 3.8) is 0 Å². The van der Waals surface area contributed by atoms with Crippen molar-refractivity contribution in [3.05, 3.63) is 63.9 Å². The lowest BCUT2D eigenvalue weighted by molar-refractivity contribution is 0.633. The van der Waals surface area contributed by atoms with E-state index in [-0.39, 0.29) is 5.56 Å². The third kappa shape index (κ3) is 3.21. The van der Waals surface area contributed by atoms with Gasteiger partial charge in [-0.05, 0) is 37.2 Å². The average Bonchev–Trinajstić information content (AvgIpc) is 2.55. The fraction of sp³-hybridized carbons (Fsp3) is 0.176. The number of nitrogens with two attached hydrogens (primary N) is 1. The van der Waals surface area contributed by atoms with Crippen molar-refractivity contribution in [2.45, 2.75) is 13.0 Å². The van der Waals surface area contributed by atoms with Gasteiger partial charge in [-0.1, -0.05) is 35.9 Å². The molecule has 1 aromatic heterocycles. The topological polar surface area (TPSA) is 72.9 Å². The first-order chi connectivity index (χ1) is 11.2. The van der Waals surface area contributed by atoms with Gasteiger partial charge in [0, 0.05) is 12.2 Å². The first-order valence-electron chi connectivity index (χ1n) is 7.42. The second kappa shape index (κ2) is 6.81. The molecular weight excluding hydrogens is 312 g/mol. The Morgan fingerprint density at radius 2 is 1.91 bits per heavy atom. The van der Waals surface area contributed by atoms with Crippen molar-refractivity contribution in [1.29, 1.82) is 0 Å². The van der Waals surface area contributed by atoms with E-state index in [9.17, 15) is 4.79 Å². The Morgan fingerprint density at radius 3 is 2.65 bits per heavy atom. The van der Waals surface area contributed by atoms with Crippen molar-refractivity contribution in [3.8, 4) is 0 Å². The molecule has 0 saturated carbocycles. The molecule has 5 nitrogen and oxygen atoms in total. The van der Waals surface area contributed by atoms with Gasteiger partial charge in [0.2, 0.25) is 5.95 Å². The molecule has 118 valence electrons. The van der Waals surface area contributed by atoms with Crippen LogP contribution >= 0.6 is 11.6 Å². The minimum Gasteiger partial charge on any atom is -0.330 e. The lowest BCUT2D eigenvalue weighted by Gasteiger charge is -2.15. The van der Waals surface area contributed by atoms with Gasteiger partial charge in [0.25, 0.3) is 5.56 Å². The molecule has 0 aliphatic carbocycles. The minimum absolute atomic E-state index is 0.160. The third-order valence-electron chi connectivity index (χ3n) is 3.55. The van der Waals surface area contributed by atoms with Crippen LogP contribution in [-0.2, 0) is 6.54 Å². The van der Waals surface area contributed by atoms with Gasteiger partial charge in [-0.15, -0.1) is 0 Å². The third-order valence-corrected chi connectivity index (χ3v) is 3.86. The van der Waals surface area contributed by atoms with E-state index in [2.05, 4.69) is 10.3 Å². The van der Waals surface area contributed by atoms with E-state index in [4.69, 9.17) is 17.3 Å². The zero-order valence-electron chi connectivity index (χ0n) is 12.5. The summed E-state index contributed by atoms with van der Waals surface area (Å²) < 4.78 is 1.59. The summed E-state index contributed by atoms with van der Waals surface area (Å²) in [5.41, 5.74) is 6.87. The van der Waals surface area contributed by atoms with Crippen molar-refractivity contribution in [2.75, 3.05) is 11.9 Å². The van der Waals surface area contributed by atoms with Crippen molar-refractivity contribution in [1.82, 2.24) is 9.55 Å². The smallest absolute Gasteiger partial charge is 0.264 e. The molecule has 23 heavy (non-hydrogen) atoms. The van der Waals surface area contributed by atoms with Crippen molar-refractivity contribution >= 4 is 34.1 Å². The number of benzene rings is 2. The number of rotatable bonds is 5. The maximum absolute atomic E-state index is 12.8. The van der Waals surface area contributed by atoms with Gasteiger partial charge in [0.15, 0.2) is 0 Å². The van der Waals surface area contributed by atoms with Gasteiger partial charge in [0.05, 0.1) is 15.9 Å². The first kappa shape index (κ1) is 15.5. The number of aromatic nitrogens is 2. The number of anilines is 2. The van der Waals surface area contributed by atoms with Gasteiger partial charge in [-0.3, -0.25) is 9.36 Å². The van der Waals surface area contributed by atoms with E-state index in [1.807, 2.05) is 30.3 Å². The monoisotopic (exact) mass is 328 g/mol. The molecule has 0 aliphatic rings. The predicted octanol–water partition coefficient (Wildman–Crippen LogP) is 3.14. The molecular formula is C17H17ClN4O. The van der Waals surface area contributed by atoms with Crippen LogP contribution in [0.15, 0.2) is 53.3 Å². The van der Waals surface area contributed by atoms with E-state index in [0.29, 0.717) is 41.4 Å². The van der Waals surface area contributed by atoms with Crippen LogP contribution in [0.1, 0.15) is 6.42 Å². The maximum atomic E-state index is 12.8. The Labute approximate surface area is 138 Å². The first-order valence-corrected chi connectivity index (χ1v) is 7.79. The highest BCUT2D eigenvalue weighted by Crippen LogP contribution is 2.21. The summed E-state index contributed by atoms with van der Waals surface area (Å²) in [6, 6.07) is 14.9. The molecule has 0 aliphatic heterocycles. The van der Waals surface area contributed by atoms with Crippen LogP contribution in [0.3, 0.4) is 0 Å². The molecule has 0 atom stereocenters. The van der Waals surface area contributed by atoms with E-state index in [0.717, 1.165) is 5.69 Å². The Bertz CT molecular complexity index is 877. The van der Waals surface area contributed by atoms with Crippen LogP contribution in [0.4, 0.5) is 11.6 Å². The largest absolute Gasteiger partial charge is 0.330 e. The van der Waals surface area contributed by atoms with Crippen LogP contribution in [0, 0.1) is 0 Å². The summed E-state index contributed by atoms with van der Waals surface area (Å²) in [6.45, 7) is 0.983. The maximum Gasteiger partial charge on any atom is 0.264 e. The quantitative estimate of drug-likeness (QED) is 0.754. The molecule has 6 heteroatoms. The van der Waals surface area contributed by atoms with Gasteiger partial charge in [-0.2, -0.15) is 0 Å². The number of hydrogen-bond acceptors (Lipinski definition) is 4. The molecule has 0 radical (unpaired) electrons. The van der Waals surface area contributed by atoms with Crippen LogP contribution in [0.25, 0.3) is 10.9 Å². The summed E-state index contributed by atoms with van der Waals surface area (Å²) >= 11 is 6.18. The van der Waals surface area contributed by atoms with Crippen molar-refractivity contribution in [2.24, 2.45) is 5.73 Å². The zero-order chi connectivity index (χ0) is 16.2. The van der Waals surface area contributed by atoms with Crippen LogP contribution in [0.2, 0.25) is 5.02 Å². The molecule has 0 saturated heterocycles. The lowest BCUT2D eigenvalue weighted by Crippen LogP contribution is -2.25. The fourth-order valence-electron chi connectivity index (χ4n) is 2.43. The highest BCUT2D eigenvalue weighted by atomic mass is 35.5. The standard InChI is InChI=1S/C17H17ClN4O/c18-13-8-4-9-14-15(13)16(23)22(11-5-10-19)17(21-14)20-12-6-2-1-3-7-12/h1-4,6-9H,5,10-11,19H2,(H,20,21). The van der Waals surface area contributed by atoms with E-state index in [1.54, 1.807) is 22.8 Å². The van der Waals surface area contributed by atoms with Gasteiger partial charge in [-0.25, -0.2) is 4.98 Å². The van der Waals surface area contributed by atoms with Crippen LogP contribution in [-0.4, -0.2) is 16.1 Å². The molecule has 0 unspecified atom stereocenters. The minimum atomic E-state index is -0.160. The number of para-hydroxylation sites is 1. The number of nitrogens with zero attached hydrogens (tertiary/aromatic N) is 2. The van der Waals surface area contributed by atoms with E-state index in [1.165, 1.54) is 0 Å². The van der Waals surface area contributed by atoms with Gasteiger partial charge < -0.3 is 11.1 Å². The van der Waals surface area contributed by atoms with Gasteiger partial charge in [0.1, 0.15) is 0 Å². The molecule has 0 bridgehead atoms. The van der Waals surface area contributed by atoms with E-state index < -0.39 is 0 Å². The predicted molar refractivity (Wildman–Crippen MR) is 94.4 cm³/mol. The summed E-state index contributed by atoms with van der Waals surface area (Å²) in [6.07, 6.45) is 0.682. The SMILES string of the molecule is NCCCn1c(Nc2ccccc2)nc2cccc(Cl)c2c1=O. The fourth-order valence-corrected chi connectivity index (χ4v) is 2.68. The number of fused-ring (bicyclic) bond motifs is 1. The van der Waals surface area contributed by atoms with Gasteiger partial charge >= 0.3 is 0 Å². The zero-order valence-corrected chi connectivity index (χ0v) is 13.3. The molecule has 3 rings (SSSR count). The number of halogens is 1. The van der Waals surface area contributed by atoms with E-state index >= 15 is 0 Å². The molecule has 1 heterocycles. The highest BCUT2D eigenvalue weighted by Gasteiger charge is 2.13. The number of nitrogens with one attached hydrogen (secondary N) is 1. The second-order valence-electron chi connectivity index (χ2n) is 5.16. The highest BCUT2D eigenvalue weighted by molar-refractivity contribution is 6.35. The second-order valence-corrected chi connectivity index (χ2v) is 5.57. The lowest BCUT2D eigenvalue weighted by atomic mass is 10.2. The summed E-state index contributed by atoms with van der Waals surface area (Å²) in [5.74, 6) is 0.490. The van der Waals surface area contributed by atoms with Crippen LogP contribution in [0.5, 0.6) is 0 Å². The summed E-state index contributed by atoms with van der Waals surface area (Å²) in [5, 5.41) is 4.05. The summed E-state index contributed by atoms with van der Waals surface area (Å²) in [4.78, 5) is 17.4. The average molecular weight is 329 g/mol. The molecule has 3 N–H and O–H groups in total. The molecule has 0 fully saturated rings. The molecule has 3 aromatic rings. The Morgan fingerprint density at radius 1 is 1.13 bits per heavy atom. The molecule has 0 amide bonds.